The first kappa shape index (κ1) is 17.7. The number of carbonyl (C=O) groups is 2. The number of allylic oxidation sites excluding steroid dienone is 1. The minimum Gasteiger partial charge on any atom is -0.480 e. The van der Waals surface area contributed by atoms with Gasteiger partial charge in [-0.3, -0.25) is 4.79 Å². The van der Waals surface area contributed by atoms with Crippen molar-refractivity contribution in [2.75, 3.05) is 0 Å². The third-order valence-corrected chi connectivity index (χ3v) is 4.23. The lowest BCUT2D eigenvalue weighted by Crippen LogP contribution is -2.41. The molecule has 0 unspecified atom stereocenters. The minimum absolute atomic E-state index is 0.0963. The molecule has 1 fully saturated rings. The van der Waals surface area contributed by atoms with Crippen LogP contribution in [0.2, 0.25) is 0 Å². The van der Waals surface area contributed by atoms with Crippen LogP contribution in [0.15, 0.2) is 12.7 Å². The van der Waals surface area contributed by atoms with Crippen LogP contribution in [0.25, 0.3) is 0 Å². The topological polar surface area (TPSA) is 66.4 Å². The summed E-state index contributed by atoms with van der Waals surface area (Å²) in [5.74, 6) is -0.555. The molecule has 4 nitrogen and oxygen atoms in total. The van der Waals surface area contributed by atoms with Crippen LogP contribution in [0, 0.1) is 5.92 Å². The highest BCUT2D eigenvalue weighted by Crippen LogP contribution is 2.27. The van der Waals surface area contributed by atoms with Crippen molar-refractivity contribution in [3.05, 3.63) is 12.7 Å². The van der Waals surface area contributed by atoms with Crippen molar-refractivity contribution in [1.82, 2.24) is 5.32 Å². The zero-order valence-electron chi connectivity index (χ0n) is 13.0. The third kappa shape index (κ3) is 7.88. The van der Waals surface area contributed by atoms with Gasteiger partial charge in [-0.25, -0.2) is 4.79 Å². The highest BCUT2D eigenvalue weighted by atomic mass is 16.4. The van der Waals surface area contributed by atoms with Crippen molar-refractivity contribution in [2.24, 2.45) is 5.92 Å². The maximum atomic E-state index is 11.9. The number of carboxylic acids is 1. The first-order valence-electron chi connectivity index (χ1n) is 8.26. The van der Waals surface area contributed by atoms with Gasteiger partial charge >= 0.3 is 5.97 Å². The van der Waals surface area contributed by atoms with Crippen molar-refractivity contribution < 1.29 is 14.7 Å². The van der Waals surface area contributed by atoms with Gasteiger partial charge in [0.15, 0.2) is 0 Å². The molecule has 0 heterocycles. The van der Waals surface area contributed by atoms with Gasteiger partial charge in [-0.15, -0.1) is 6.58 Å². The molecule has 0 aliphatic heterocycles. The van der Waals surface area contributed by atoms with Crippen molar-refractivity contribution >= 4 is 11.9 Å². The Morgan fingerprint density at radius 2 is 1.86 bits per heavy atom. The van der Waals surface area contributed by atoms with Gasteiger partial charge in [0.2, 0.25) is 5.91 Å². The van der Waals surface area contributed by atoms with Crippen LogP contribution in [0.3, 0.4) is 0 Å². The van der Waals surface area contributed by atoms with Crippen LogP contribution < -0.4 is 5.32 Å². The number of rotatable bonds is 11. The van der Waals surface area contributed by atoms with E-state index in [1.54, 1.807) is 0 Å². The molecule has 0 radical (unpaired) electrons. The van der Waals surface area contributed by atoms with E-state index in [9.17, 15) is 14.7 Å². The molecule has 1 amide bonds. The molecule has 0 aromatic rings. The predicted octanol–water partition coefficient (Wildman–Crippen LogP) is 3.66. The number of carbonyl (C=O) groups excluding carboxylic acids is 1. The fourth-order valence-corrected chi connectivity index (χ4v) is 2.98. The molecule has 1 rings (SSSR count). The number of amides is 1. The van der Waals surface area contributed by atoms with Crippen LogP contribution >= 0.6 is 0 Å². The van der Waals surface area contributed by atoms with E-state index in [1.165, 1.54) is 12.8 Å². The highest BCUT2D eigenvalue weighted by molar-refractivity contribution is 5.83. The van der Waals surface area contributed by atoms with Gasteiger partial charge < -0.3 is 10.4 Å². The first-order valence-corrected chi connectivity index (χ1v) is 8.26. The van der Waals surface area contributed by atoms with E-state index in [4.69, 9.17) is 0 Å². The molecule has 0 aromatic carbocycles. The molecule has 0 aromatic heterocycles. The summed E-state index contributed by atoms with van der Waals surface area (Å²) in [4.78, 5) is 23.1. The predicted molar refractivity (Wildman–Crippen MR) is 84.0 cm³/mol. The molecule has 1 aliphatic rings. The summed E-state index contributed by atoms with van der Waals surface area (Å²) in [6.07, 6.45) is 12.6. The molecular weight excluding hydrogens is 266 g/mol. The first-order chi connectivity index (χ1) is 10.1. The van der Waals surface area contributed by atoms with Gasteiger partial charge in [0, 0.05) is 6.42 Å². The number of hydrogen-bond donors (Lipinski definition) is 2. The molecule has 1 atom stereocenters. The van der Waals surface area contributed by atoms with Crippen LogP contribution in [0.5, 0.6) is 0 Å². The standard InChI is InChI=1S/C17H29NO3/c1-2-3-4-5-6-7-12-15(17(20)21)18-16(19)13-14-10-8-9-11-14/h2,14-15H,1,3-13H2,(H,18,19)(H,20,21)/t15-/m0/s1. The monoisotopic (exact) mass is 295 g/mol. The maximum absolute atomic E-state index is 11.9. The summed E-state index contributed by atoms with van der Waals surface area (Å²) in [6, 6.07) is -0.724. The Labute approximate surface area is 128 Å². The smallest absolute Gasteiger partial charge is 0.326 e. The fourth-order valence-electron chi connectivity index (χ4n) is 2.98. The van der Waals surface area contributed by atoms with Crippen LogP contribution in [0.4, 0.5) is 0 Å². The molecule has 21 heavy (non-hydrogen) atoms. The molecule has 4 heteroatoms. The van der Waals surface area contributed by atoms with Gasteiger partial charge in [-0.2, -0.15) is 0 Å². The van der Waals surface area contributed by atoms with Crippen LogP contribution in [-0.4, -0.2) is 23.0 Å². The van der Waals surface area contributed by atoms with E-state index in [2.05, 4.69) is 11.9 Å². The lowest BCUT2D eigenvalue weighted by molar-refractivity contribution is -0.142. The van der Waals surface area contributed by atoms with Gasteiger partial charge in [0.05, 0.1) is 0 Å². The number of unbranched alkanes of at least 4 members (excludes halogenated alkanes) is 4. The highest BCUT2D eigenvalue weighted by Gasteiger charge is 2.23. The molecule has 120 valence electrons. The lowest BCUT2D eigenvalue weighted by atomic mass is 10.0. The third-order valence-electron chi connectivity index (χ3n) is 4.23. The summed E-state index contributed by atoms with van der Waals surface area (Å²) in [5, 5.41) is 11.9. The van der Waals surface area contributed by atoms with E-state index in [1.807, 2.05) is 6.08 Å². The summed E-state index contributed by atoms with van der Waals surface area (Å²) in [7, 11) is 0. The molecule has 1 aliphatic carbocycles. The summed E-state index contributed by atoms with van der Waals surface area (Å²) in [6.45, 7) is 3.68. The largest absolute Gasteiger partial charge is 0.480 e. The Morgan fingerprint density at radius 1 is 1.19 bits per heavy atom. The van der Waals surface area contributed by atoms with E-state index in [0.717, 1.165) is 44.9 Å². The quantitative estimate of drug-likeness (QED) is 0.451. The minimum atomic E-state index is -0.916. The van der Waals surface area contributed by atoms with Gasteiger partial charge in [-0.1, -0.05) is 38.2 Å². The Morgan fingerprint density at radius 3 is 2.48 bits per heavy atom. The summed E-state index contributed by atoms with van der Waals surface area (Å²) >= 11 is 0. The number of aliphatic carboxylic acids is 1. The van der Waals surface area contributed by atoms with E-state index < -0.39 is 12.0 Å². The molecular formula is C17H29NO3. The summed E-state index contributed by atoms with van der Waals surface area (Å²) in [5.41, 5.74) is 0. The van der Waals surface area contributed by atoms with Crippen LogP contribution in [-0.2, 0) is 9.59 Å². The second-order valence-electron chi connectivity index (χ2n) is 6.09. The van der Waals surface area contributed by atoms with E-state index in [-0.39, 0.29) is 5.91 Å². The second kappa shape index (κ2) is 10.4. The fraction of sp³-hybridized carbons (Fsp3) is 0.765. The molecule has 0 saturated heterocycles. The Bertz CT molecular complexity index is 335. The van der Waals surface area contributed by atoms with Gasteiger partial charge in [-0.05, 0) is 38.0 Å². The average molecular weight is 295 g/mol. The molecule has 1 saturated carbocycles. The normalized spacial score (nSPS) is 16.6. The van der Waals surface area contributed by atoms with E-state index >= 15 is 0 Å². The zero-order valence-corrected chi connectivity index (χ0v) is 13.0. The maximum Gasteiger partial charge on any atom is 0.326 e. The number of nitrogens with one attached hydrogen (secondary N) is 1. The summed E-state index contributed by atoms with van der Waals surface area (Å²) < 4.78 is 0. The lowest BCUT2D eigenvalue weighted by Gasteiger charge is -2.16. The van der Waals surface area contributed by atoms with Gasteiger partial charge in [0.1, 0.15) is 6.04 Å². The van der Waals surface area contributed by atoms with Crippen molar-refractivity contribution in [3.63, 3.8) is 0 Å². The number of carboxylic acid groups (broad SMARTS) is 1. The average Bonchev–Trinajstić information content (AvgIpc) is 2.93. The van der Waals surface area contributed by atoms with Crippen molar-refractivity contribution in [1.29, 1.82) is 0 Å². The zero-order chi connectivity index (χ0) is 15.5. The van der Waals surface area contributed by atoms with Gasteiger partial charge in [0.25, 0.3) is 0 Å². The Balaban J connectivity index is 2.20. The Hall–Kier alpha value is -1.32. The molecule has 0 spiro atoms. The SMILES string of the molecule is C=CCCCCCC[C@H](NC(=O)CC1CCCC1)C(=O)O. The van der Waals surface area contributed by atoms with Crippen LogP contribution in [0.1, 0.15) is 70.6 Å². The number of hydrogen-bond acceptors (Lipinski definition) is 2. The van der Waals surface area contributed by atoms with Crippen molar-refractivity contribution in [2.45, 2.75) is 76.7 Å². The second-order valence-corrected chi connectivity index (χ2v) is 6.09. The van der Waals surface area contributed by atoms with E-state index in [0.29, 0.717) is 18.8 Å². The molecule has 2 N–H and O–H groups in total. The van der Waals surface area contributed by atoms with Crippen molar-refractivity contribution in [3.8, 4) is 0 Å². The Kier molecular flexibility index (Phi) is 8.79. The molecule has 0 bridgehead atoms.